The number of carbonyl (C=O) groups excluding carboxylic acids is 1. The van der Waals surface area contributed by atoms with E-state index in [0.29, 0.717) is 22.4 Å². The maximum atomic E-state index is 11.3. The standard InChI is InChI=1S/C15H15Cl2NO3/c1-9(10-3-5-12(16)13(17)7-10)18-8-11-4-6-14(21-11)15(19)20-2/h3-7,9,18H,8H2,1-2H3. The third kappa shape index (κ3) is 4.00. The highest BCUT2D eigenvalue weighted by Gasteiger charge is 2.12. The van der Waals surface area contributed by atoms with Crippen molar-refractivity contribution in [1.82, 2.24) is 5.32 Å². The number of ether oxygens (including phenoxy) is 1. The number of nitrogens with one attached hydrogen (secondary N) is 1. The topological polar surface area (TPSA) is 51.5 Å². The van der Waals surface area contributed by atoms with Gasteiger partial charge in [-0.25, -0.2) is 4.79 Å². The van der Waals surface area contributed by atoms with Gasteiger partial charge in [-0.2, -0.15) is 0 Å². The molecule has 1 N–H and O–H groups in total. The Morgan fingerprint density at radius 1 is 1.29 bits per heavy atom. The largest absolute Gasteiger partial charge is 0.463 e. The van der Waals surface area contributed by atoms with Crippen molar-refractivity contribution >= 4 is 29.2 Å². The molecule has 0 spiro atoms. The van der Waals surface area contributed by atoms with Gasteiger partial charge in [0.15, 0.2) is 0 Å². The molecule has 6 heteroatoms. The molecule has 0 bridgehead atoms. The molecule has 2 aromatic rings. The molecule has 1 unspecified atom stereocenters. The van der Waals surface area contributed by atoms with Crippen LogP contribution in [0.4, 0.5) is 0 Å². The van der Waals surface area contributed by atoms with Crippen molar-refractivity contribution in [2.45, 2.75) is 19.5 Å². The Morgan fingerprint density at radius 3 is 2.71 bits per heavy atom. The Kier molecular flexibility index (Phi) is 5.28. The lowest BCUT2D eigenvalue weighted by atomic mass is 10.1. The van der Waals surface area contributed by atoms with Gasteiger partial charge in [0.25, 0.3) is 0 Å². The first-order valence-electron chi connectivity index (χ1n) is 6.36. The summed E-state index contributed by atoms with van der Waals surface area (Å²) < 4.78 is 9.97. The number of hydrogen-bond donors (Lipinski definition) is 1. The summed E-state index contributed by atoms with van der Waals surface area (Å²) in [4.78, 5) is 11.3. The van der Waals surface area contributed by atoms with Gasteiger partial charge < -0.3 is 14.5 Å². The fourth-order valence-corrected chi connectivity index (χ4v) is 2.14. The van der Waals surface area contributed by atoms with Crippen LogP contribution in [0.25, 0.3) is 0 Å². The first-order valence-corrected chi connectivity index (χ1v) is 7.12. The smallest absolute Gasteiger partial charge is 0.373 e. The van der Waals surface area contributed by atoms with Crippen LogP contribution in [0.5, 0.6) is 0 Å². The van der Waals surface area contributed by atoms with Crippen LogP contribution in [0.3, 0.4) is 0 Å². The lowest BCUT2D eigenvalue weighted by Crippen LogP contribution is -2.17. The van der Waals surface area contributed by atoms with Gasteiger partial charge in [0.1, 0.15) is 5.76 Å². The van der Waals surface area contributed by atoms with Crippen LogP contribution in [-0.4, -0.2) is 13.1 Å². The van der Waals surface area contributed by atoms with E-state index in [9.17, 15) is 4.79 Å². The van der Waals surface area contributed by atoms with Crippen LogP contribution in [0.1, 0.15) is 34.8 Å². The number of furan rings is 1. The van der Waals surface area contributed by atoms with Crippen molar-refractivity contribution in [3.05, 3.63) is 57.5 Å². The Morgan fingerprint density at radius 2 is 2.05 bits per heavy atom. The van der Waals surface area contributed by atoms with Crippen LogP contribution >= 0.6 is 23.2 Å². The molecular formula is C15H15Cl2NO3. The minimum Gasteiger partial charge on any atom is -0.463 e. The van der Waals surface area contributed by atoms with E-state index in [1.165, 1.54) is 7.11 Å². The second-order valence-corrected chi connectivity index (χ2v) is 5.35. The van der Waals surface area contributed by atoms with Crippen molar-refractivity contribution in [1.29, 1.82) is 0 Å². The highest BCUT2D eigenvalue weighted by Crippen LogP contribution is 2.25. The second-order valence-electron chi connectivity index (χ2n) is 4.53. The molecule has 1 atom stereocenters. The summed E-state index contributed by atoms with van der Waals surface area (Å²) in [7, 11) is 1.31. The predicted octanol–water partition coefficient (Wildman–Crippen LogP) is 4.22. The molecule has 0 amide bonds. The normalized spacial score (nSPS) is 12.2. The Labute approximate surface area is 133 Å². The van der Waals surface area contributed by atoms with Crippen molar-refractivity contribution in [2.24, 2.45) is 0 Å². The number of rotatable bonds is 5. The van der Waals surface area contributed by atoms with Gasteiger partial charge in [-0.3, -0.25) is 0 Å². The molecule has 1 aromatic heterocycles. The summed E-state index contributed by atoms with van der Waals surface area (Å²) in [6.45, 7) is 2.49. The van der Waals surface area contributed by atoms with Gasteiger partial charge >= 0.3 is 5.97 Å². The molecular weight excluding hydrogens is 313 g/mol. The van der Waals surface area contributed by atoms with E-state index in [1.54, 1.807) is 18.2 Å². The van der Waals surface area contributed by atoms with E-state index in [2.05, 4.69) is 10.1 Å². The van der Waals surface area contributed by atoms with Gasteiger partial charge in [0, 0.05) is 6.04 Å². The van der Waals surface area contributed by atoms with E-state index in [0.717, 1.165) is 5.56 Å². The predicted molar refractivity (Wildman–Crippen MR) is 81.8 cm³/mol. The molecule has 0 saturated heterocycles. The number of benzene rings is 1. The zero-order valence-electron chi connectivity index (χ0n) is 11.7. The Balaban J connectivity index is 1.97. The summed E-state index contributed by atoms with van der Waals surface area (Å²) in [6.07, 6.45) is 0. The minimum atomic E-state index is -0.487. The zero-order chi connectivity index (χ0) is 15.4. The zero-order valence-corrected chi connectivity index (χ0v) is 13.2. The van der Waals surface area contributed by atoms with Crippen molar-refractivity contribution in [3.63, 3.8) is 0 Å². The summed E-state index contributed by atoms with van der Waals surface area (Å²) in [5, 5.41) is 4.34. The molecule has 4 nitrogen and oxygen atoms in total. The fourth-order valence-electron chi connectivity index (χ4n) is 1.84. The molecule has 2 rings (SSSR count). The summed E-state index contributed by atoms with van der Waals surface area (Å²) in [5.74, 6) is 0.359. The van der Waals surface area contributed by atoms with Gasteiger partial charge in [-0.05, 0) is 36.8 Å². The summed E-state index contributed by atoms with van der Waals surface area (Å²) in [6, 6.07) is 8.89. The van der Waals surface area contributed by atoms with E-state index in [4.69, 9.17) is 27.6 Å². The maximum Gasteiger partial charge on any atom is 0.373 e. The van der Waals surface area contributed by atoms with Crippen LogP contribution in [0.2, 0.25) is 10.0 Å². The number of carbonyl (C=O) groups is 1. The number of methoxy groups -OCH3 is 1. The van der Waals surface area contributed by atoms with Crippen molar-refractivity contribution < 1.29 is 13.9 Å². The molecule has 0 aliphatic carbocycles. The lowest BCUT2D eigenvalue weighted by molar-refractivity contribution is 0.0563. The SMILES string of the molecule is COC(=O)c1ccc(CNC(C)c2ccc(Cl)c(Cl)c2)o1. The van der Waals surface area contributed by atoms with Crippen molar-refractivity contribution in [3.8, 4) is 0 Å². The van der Waals surface area contributed by atoms with Crippen LogP contribution < -0.4 is 5.32 Å². The van der Waals surface area contributed by atoms with Gasteiger partial charge in [0.05, 0.1) is 23.7 Å². The molecule has 112 valence electrons. The Hall–Kier alpha value is -1.49. The molecule has 0 aliphatic rings. The van der Waals surface area contributed by atoms with E-state index in [-0.39, 0.29) is 11.8 Å². The van der Waals surface area contributed by atoms with E-state index in [1.807, 2.05) is 19.1 Å². The molecule has 0 saturated carbocycles. The highest BCUT2D eigenvalue weighted by molar-refractivity contribution is 6.42. The first-order chi connectivity index (χ1) is 10.0. The minimum absolute atomic E-state index is 0.0615. The third-order valence-electron chi connectivity index (χ3n) is 3.07. The first kappa shape index (κ1) is 15.9. The Bertz CT molecular complexity index is 640. The molecule has 1 aromatic carbocycles. The van der Waals surface area contributed by atoms with E-state index < -0.39 is 5.97 Å². The summed E-state index contributed by atoms with van der Waals surface area (Å²) in [5.41, 5.74) is 1.02. The van der Waals surface area contributed by atoms with Crippen molar-refractivity contribution in [2.75, 3.05) is 7.11 Å². The number of hydrogen-bond acceptors (Lipinski definition) is 4. The van der Waals surface area contributed by atoms with Crippen LogP contribution in [-0.2, 0) is 11.3 Å². The molecule has 0 aliphatic heterocycles. The maximum absolute atomic E-state index is 11.3. The van der Waals surface area contributed by atoms with E-state index >= 15 is 0 Å². The average molecular weight is 328 g/mol. The van der Waals surface area contributed by atoms with Gasteiger partial charge in [0.2, 0.25) is 5.76 Å². The average Bonchev–Trinajstić information content (AvgIpc) is 2.95. The highest BCUT2D eigenvalue weighted by atomic mass is 35.5. The molecule has 0 fully saturated rings. The quantitative estimate of drug-likeness (QED) is 0.835. The summed E-state index contributed by atoms with van der Waals surface area (Å²) >= 11 is 11.9. The number of esters is 1. The lowest BCUT2D eigenvalue weighted by Gasteiger charge is -2.14. The molecule has 21 heavy (non-hydrogen) atoms. The monoisotopic (exact) mass is 327 g/mol. The second kappa shape index (κ2) is 6.98. The van der Waals surface area contributed by atoms with Gasteiger partial charge in [-0.15, -0.1) is 0 Å². The van der Waals surface area contributed by atoms with Crippen LogP contribution in [0, 0.1) is 0 Å². The third-order valence-corrected chi connectivity index (χ3v) is 3.81. The molecule has 0 radical (unpaired) electrons. The van der Waals surface area contributed by atoms with Gasteiger partial charge in [-0.1, -0.05) is 29.3 Å². The number of halogens is 2. The fraction of sp³-hybridized carbons (Fsp3) is 0.267. The van der Waals surface area contributed by atoms with Crippen LogP contribution in [0.15, 0.2) is 34.7 Å². The molecule has 1 heterocycles.